The lowest BCUT2D eigenvalue weighted by Gasteiger charge is -2.06. The Balaban J connectivity index is 1.74. The molecular weight excluding hydrogens is 240 g/mol. The number of carbonyl (C=O) groups excluding carboxylic acids is 1. The Labute approximate surface area is 113 Å². The number of hydrogen-bond acceptors (Lipinski definition) is 2. The number of H-pyrrole nitrogens is 1. The number of aromatic amines is 1. The predicted octanol–water partition coefficient (Wildman–Crippen LogP) is 3.24. The van der Waals surface area contributed by atoms with Gasteiger partial charge in [-0.25, -0.2) is 4.79 Å². The monoisotopic (exact) mass is 260 g/mol. The van der Waals surface area contributed by atoms with Gasteiger partial charge >= 0.3 is 6.09 Å². The maximum Gasteiger partial charge on any atom is 0.407 e. The van der Waals surface area contributed by atoms with Crippen LogP contribution in [0, 0.1) is 0 Å². The highest BCUT2D eigenvalue weighted by molar-refractivity contribution is 5.79. The molecule has 2 aromatic rings. The maximum absolute atomic E-state index is 11.3. The molecule has 1 amide bonds. The van der Waals surface area contributed by atoms with E-state index in [4.69, 9.17) is 4.74 Å². The normalized spacial score (nSPS) is 10.6. The number of amides is 1. The molecule has 4 nitrogen and oxygen atoms in total. The van der Waals surface area contributed by atoms with Crippen molar-refractivity contribution < 1.29 is 9.53 Å². The van der Waals surface area contributed by atoms with Gasteiger partial charge < -0.3 is 15.0 Å². The van der Waals surface area contributed by atoms with Crippen molar-refractivity contribution in [2.75, 3.05) is 13.2 Å². The highest BCUT2D eigenvalue weighted by Gasteiger charge is 2.01. The van der Waals surface area contributed by atoms with E-state index in [9.17, 15) is 4.79 Å². The Kier molecular flexibility index (Phi) is 4.84. The predicted molar refractivity (Wildman–Crippen MR) is 76.3 cm³/mol. The number of hydrogen-bond donors (Lipinski definition) is 2. The molecule has 0 unspecified atom stereocenters. The molecule has 2 rings (SSSR count). The lowest BCUT2D eigenvalue weighted by molar-refractivity contribution is 0.144. The minimum atomic E-state index is -0.323. The van der Waals surface area contributed by atoms with Crippen LogP contribution in [0.5, 0.6) is 0 Å². The molecule has 0 spiro atoms. The van der Waals surface area contributed by atoms with Gasteiger partial charge in [-0.05, 0) is 42.0 Å². The van der Waals surface area contributed by atoms with Gasteiger partial charge in [-0.3, -0.25) is 0 Å². The molecule has 0 radical (unpaired) electrons. The largest absolute Gasteiger partial charge is 0.450 e. The van der Waals surface area contributed by atoms with E-state index in [-0.39, 0.29) is 6.09 Å². The van der Waals surface area contributed by atoms with Crippen molar-refractivity contribution in [3.8, 4) is 0 Å². The number of benzene rings is 1. The summed E-state index contributed by atoms with van der Waals surface area (Å²) < 4.78 is 5.02. The second-order valence-corrected chi connectivity index (χ2v) is 4.57. The molecule has 0 atom stereocenters. The van der Waals surface area contributed by atoms with Crippen LogP contribution in [0.15, 0.2) is 30.5 Å². The van der Waals surface area contributed by atoms with Gasteiger partial charge in [-0.2, -0.15) is 0 Å². The van der Waals surface area contributed by atoms with Crippen LogP contribution in [-0.4, -0.2) is 24.2 Å². The van der Waals surface area contributed by atoms with E-state index < -0.39 is 0 Å². The number of fused-ring (bicyclic) bond motifs is 1. The highest BCUT2D eigenvalue weighted by atomic mass is 16.5. The minimum Gasteiger partial charge on any atom is -0.450 e. The van der Waals surface area contributed by atoms with Crippen molar-refractivity contribution in [1.82, 2.24) is 10.3 Å². The minimum absolute atomic E-state index is 0.323. The first-order valence-electron chi connectivity index (χ1n) is 6.76. The zero-order chi connectivity index (χ0) is 13.5. The summed E-state index contributed by atoms with van der Waals surface area (Å²) in [6.45, 7) is 3.16. The molecule has 102 valence electrons. The first-order chi connectivity index (χ1) is 9.29. The van der Waals surface area contributed by atoms with Gasteiger partial charge in [0.2, 0.25) is 0 Å². The van der Waals surface area contributed by atoms with Gasteiger partial charge in [-0.15, -0.1) is 0 Å². The fourth-order valence-corrected chi connectivity index (χ4v) is 1.93. The fourth-order valence-electron chi connectivity index (χ4n) is 1.93. The summed E-state index contributed by atoms with van der Waals surface area (Å²) in [7, 11) is 0. The summed E-state index contributed by atoms with van der Waals surface area (Å²) in [5.41, 5.74) is 2.34. The third kappa shape index (κ3) is 4.02. The molecule has 0 aliphatic heterocycles. The Morgan fingerprint density at radius 1 is 1.37 bits per heavy atom. The average Bonchev–Trinajstić information content (AvgIpc) is 2.86. The lowest BCUT2D eigenvalue weighted by Crippen LogP contribution is -2.26. The van der Waals surface area contributed by atoms with Crippen molar-refractivity contribution in [1.29, 1.82) is 0 Å². The molecule has 1 heterocycles. The van der Waals surface area contributed by atoms with Gasteiger partial charge in [-0.1, -0.05) is 19.4 Å². The van der Waals surface area contributed by atoms with Crippen LogP contribution < -0.4 is 5.32 Å². The van der Waals surface area contributed by atoms with Gasteiger partial charge in [0, 0.05) is 18.3 Å². The van der Waals surface area contributed by atoms with Crippen LogP contribution in [0.3, 0.4) is 0 Å². The van der Waals surface area contributed by atoms with Gasteiger partial charge in [0.15, 0.2) is 0 Å². The second kappa shape index (κ2) is 6.83. The third-order valence-electron chi connectivity index (χ3n) is 3.03. The third-order valence-corrected chi connectivity index (χ3v) is 3.03. The first kappa shape index (κ1) is 13.5. The van der Waals surface area contributed by atoms with Crippen LogP contribution in [0.4, 0.5) is 4.79 Å². The summed E-state index contributed by atoms with van der Waals surface area (Å²) in [5, 5.41) is 3.96. The van der Waals surface area contributed by atoms with Crippen LogP contribution in [0.1, 0.15) is 25.3 Å². The lowest BCUT2D eigenvalue weighted by atomic mass is 10.1. The number of alkyl carbamates (subject to hydrolysis) is 1. The number of aromatic nitrogens is 1. The van der Waals surface area contributed by atoms with E-state index in [0.717, 1.165) is 24.8 Å². The Morgan fingerprint density at radius 2 is 2.26 bits per heavy atom. The second-order valence-electron chi connectivity index (χ2n) is 4.57. The summed E-state index contributed by atoms with van der Waals surface area (Å²) in [6.07, 6.45) is 4.36. The molecule has 2 N–H and O–H groups in total. The summed E-state index contributed by atoms with van der Waals surface area (Å²) in [4.78, 5) is 14.5. The smallest absolute Gasteiger partial charge is 0.407 e. The molecule has 0 fully saturated rings. The van der Waals surface area contributed by atoms with E-state index in [0.29, 0.717) is 13.2 Å². The summed E-state index contributed by atoms with van der Waals surface area (Å²) in [5.74, 6) is 0. The van der Waals surface area contributed by atoms with Gasteiger partial charge in [0.1, 0.15) is 0 Å². The average molecular weight is 260 g/mol. The number of ether oxygens (including phenoxy) is 1. The molecule has 0 saturated carbocycles. The Morgan fingerprint density at radius 3 is 3.11 bits per heavy atom. The zero-order valence-electron chi connectivity index (χ0n) is 11.2. The molecule has 1 aromatic heterocycles. The molecule has 0 aliphatic carbocycles. The maximum atomic E-state index is 11.3. The molecule has 0 aliphatic rings. The molecule has 19 heavy (non-hydrogen) atoms. The van der Waals surface area contributed by atoms with Crippen LogP contribution in [0.25, 0.3) is 10.9 Å². The zero-order valence-corrected chi connectivity index (χ0v) is 11.2. The quantitative estimate of drug-likeness (QED) is 0.783. The number of unbranched alkanes of at least 4 members (excludes halogenated alkanes) is 1. The molecular formula is C15H20N2O2. The molecule has 0 bridgehead atoms. The molecule has 0 saturated heterocycles. The SMILES string of the molecule is CCCCOC(=O)NCCc1ccc2[nH]ccc2c1. The number of rotatable bonds is 6. The summed E-state index contributed by atoms with van der Waals surface area (Å²) in [6, 6.07) is 8.31. The van der Waals surface area contributed by atoms with E-state index in [1.165, 1.54) is 10.9 Å². The number of carbonyl (C=O) groups is 1. The Bertz CT molecular complexity index is 534. The first-order valence-corrected chi connectivity index (χ1v) is 6.76. The van der Waals surface area contributed by atoms with Crippen molar-refractivity contribution in [2.45, 2.75) is 26.2 Å². The van der Waals surface area contributed by atoms with E-state index >= 15 is 0 Å². The van der Waals surface area contributed by atoms with Gasteiger partial charge in [0.25, 0.3) is 0 Å². The topological polar surface area (TPSA) is 54.1 Å². The van der Waals surface area contributed by atoms with Crippen LogP contribution in [0.2, 0.25) is 0 Å². The van der Waals surface area contributed by atoms with E-state index in [1.54, 1.807) is 0 Å². The summed E-state index contributed by atoms with van der Waals surface area (Å²) >= 11 is 0. The highest BCUT2D eigenvalue weighted by Crippen LogP contribution is 2.14. The van der Waals surface area contributed by atoms with Crippen molar-refractivity contribution >= 4 is 17.0 Å². The van der Waals surface area contributed by atoms with E-state index in [1.807, 2.05) is 12.3 Å². The van der Waals surface area contributed by atoms with Crippen LogP contribution >= 0.6 is 0 Å². The molecule has 4 heteroatoms. The van der Waals surface area contributed by atoms with Crippen molar-refractivity contribution in [2.24, 2.45) is 0 Å². The van der Waals surface area contributed by atoms with Crippen molar-refractivity contribution in [3.63, 3.8) is 0 Å². The van der Waals surface area contributed by atoms with E-state index in [2.05, 4.69) is 35.4 Å². The van der Waals surface area contributed by atoms with Crippen LogP contribution in [-0.2, 0) is 11.2 Å². The standard InChI is InChI=1S/C15H20N2O2/c1-2-3-10-19-15(18)17-8-6-12-4-5-14-13(11-12)7-9-16-14/h4-5,7,9,11,16H,2-3,6,8,10H2,1H3,(H,17,18). The van der Waals surface area contributed by atoms with Crippen molar-refractivity contribution in [3.05, 3.63) is 36.0 Å². The molecule has 1 aromatic carbocycles. The Hall–Kier alpha value is -1.97. The number of nitrogens with one attached hydrogen (secondary N) is 2. The fraction of sp³-hybridized carbons (Fsp3) is 0.400. The van der Waals surface area contributed by atoms with Gasteiger partial charge in [0.05, 0.1) is 6.61 Å².